The minimum Gasteiger partial charge on any atom is -0.367 e. The van der Waals surface area contributed by atoms with E-state index in [-0.39, 0.29) is 5.95 Å². The third-order valence-electron chi connectivity index (χ3n) is 1.65. The summed E-state index contributed by atoms with van der Waals surface area (Å²) in [4.78, 5) is 14.6. The number of anilines is 1. The van der Waals surface area contributed by atoms with Crippen molar-refractivity contribution in [2.45, 2.75) is 0 Å². The molecular weight excluding hydrogens is 170 g/mol. The van der Waals surface area contributed by atoms with E-state index in [0.717, 1.165) is 0 Å². The highest BCUT2D eigenvalue weighted by molar-refractivity contribution is 5.94. The van der Waals surface area contributed by atoms with Crippen LogP contribution in [0.5, 0.6) is 0 Å². The lowest BCUT2D eigenvalue weighted by molar-refractivity contribution is 0.100. The van der Waals surface area contributed by atoms with E-state index in [1.54, 1.807) is 6.07 Å². The van der Waals surface area contributed by atoms with Crippen LogP contribution in [0.3, 0.4) is 0 Å². The van der Waals surface area contributed by atoms with E-state index >= 15 is 0 Å². The third-order valence-corrected chi connectivity index (χ3v) is 1.65. The Bertz CT molecular complexity index is 475. The lowest BCUT2D eigenvalue weighted by Gasteiger charge is -1.92. The topological polar surface area (TPSA) is 99.3 Å². The van der Waals surface area contributed by atoms with Gasteiger partial charge in [-0.05, 0) is 6.07 Å². The monoisotopic (exact) mass is 177 g/mol. The van der Waals surface area contributed by atoms with Crippen LogP contribution in [0.25, 0.3) is 5.52 Å². The summed E-state index contributed by atoms with van der Waals surface area (Å²) in [6.07, 6.45) is 3.03. The van der Waals surface area contributed by atoms with Gasteiger partial charge in [0.25, 0.3) is 0 Å². The summed E-state index contributed by atoms with van der Waals surface area (Å²) in [5.74, 6) is -0.344. The van der Waals surface area contributed by atoms with Gasteiger partial charge in [0, 0.05) is 6.20 Å². The van der Waals surface area contributed by atoms with E-state index in [1.165, 1.54) is 16.9 Å². The molecule has 1 amide bonds. The first-order valence-electron chi connectivity index (χ1n) is 3.57. The van der Waals surface area contributed by atoms with Crippen molar-refractivity contribution in [1.82, 2.24) is 14.6 Å². The van der Waals surface area contributed by atoms with E-state index in [2.05, 4.69) is 10.1 Å². The highest BCUT2D eigenvalue weighted by Crippen LogP contribution is 2.07. The molecule has 2 aromatic rings. The Kier molecular flexibility index (Phi) is 1.42. The average molecular weight is 177 g/mol. The molecule has 0 spiro atoms. The normalized spacial score (nSPS) is 10.5. The molecule has 2 heterocycles. The van der Waals surface area contributed by atoms with Crippen molar-refractivity contribution in [3.8, 4) is 0 Å². The molecule has 0 aliphatic carbocycles. The second-order valence-corrected chi connectivity index (χ2v) is 2.58. The molecule has 0 fully saturated rings. The van der Waals surface area contributed by atoms with Crippen molar-refractivity contribution in [2.24, 2.45) is 5.73 Å². The van der Waals surface area contributed by atoms with Gasteiger partial charge in [-0.1, -0.05) is 0 Å². The van der Waals surface area contributed by atoms with Gasteiger partial charge < -0.3 is 11.5 Å². The quantitative estimate of drug-likeness (QED) is 0.608. The van der Waals surface area contributed by atoms with Gasteiger partial charge in [-0.15, -0.1) is 5.10 Å². The SMILES string of the molecule is NC(=O)c1cc2cnc(N)nn2c1. The van der Waals surface area contributed by atoms with Crippen LogP contribution in [0.4, 0.5) is 5.95 Å². The molecule has 0 unspecified atom stereocenters. The molecule has 0 aromatic carbocycles. The summed E-state index contributed by atoms with van der Waals surface area (Å²) in [5, 5.41) is 3.85. The molecular formula is C7H7N5O. The molecule has 13 heavy (non-hydrogen) atoms. The first-order chi connectivity index (χ1) is 6.16. The number of nitrogen functional groups attached to an aromatic ring is 1. The van der Waals surface area contributed by atoms with Crippen LogP contribution in [0.2, 0.25) is 0 Å². The molecule has 2 aromatic heterocycles. The first kappa shape index (κ1) is 7.53. The van der Waals surface area contributed by atoms with Gasteiger partial charge in [-0.3, -0.25) is 4.79 Å². The highest BCUT2D eigenvalue weighted by Gasteiger charge is 2.05. The molecule has 4 N–H and O–H groups in total. The molecule has 0 aliphatic rings. The highest BCUT2D eigenvalue weighted by atomic mass is 16.1. The van der Waals surface area contributed by atoms with Gasteiger partial charge in [0.1, 0.15) is 0 Å². The van der Waals surface area contributed by atoms with Crippen molar-refractivity contribution in [2.75, 3.05) is 5.73 Å². The number of hydrogen-bond donors (Lipinski definition) is 2. The Balaban J connectivity index is 2.68. The van der Waals surface area contributed by atoms with Crippen LogP contribution >= 0.6 is 0 Å². The van der Waals surface area contributed by atoms with Crippen LogP contribution in [0.1, 0.15) is 10.4 Å². The third kappa shape index (κ3) is 1.18. The van der Waals surface area contributed by atoms with E-state index in [0.29, 0.717) is 11.1 Å². The lowest BCUT2D eigenvalue weighted by atomic mass is 10.3. The number of carbonyl (C=O) groups excluding carboxylic acids is 1. The van der Waals surface area contributed by atoms with Crippen LogP contribution in [-0.2, 0) is 0 Å². The minimum atomic E-state index is -0.496. The number of hydrogen-bond acceptors (Lipinski definition) is 4. The van der Waals surface area contributed by atoms with Crippen molar-refractivity contribution >= 4 is 17.4 Å². The molecule has 0 saturated carbocycles. The van der Waals surface area contributed by atoms with Gasteiger partial charge in [-0.2, -0.15) is 0 Å². The van der Waals surface area contributed by atoms with Crippen molar-refractivity contribution in [3.63, 3.8) is 0 Å². The van der Waals surface area contributed by atoms with Crippen LogP contribution in [-0.4, -0.2) is 20.5 Å². The van der Waals surface area contributed by atoms with Gasteiger partial charge in [0.2, 0.25) is 11.9 Å². The van der Waals surface area contributed by atoms with E-state index in [4.69, 9.17) is 11.5 Å². The molecule has 6 heteroatoms. The van der Waals surface area contributed by atoms with Crippen LogP contribution in [0, 0.1) is 0 Å². The number of aromatic nitrogens is 3. The summed E-state index contributed by atoms with van der Waals surface area (Å²) >= 11 is 0. The van der Waals surface area contributed by atoms with E-state index < -0.39 is 5.91 Å². The molecule has 0 atom stereocenters. The molecule has 66 valence electrons. The van der Waals surface area contributed by atoms with Gasteiger partial charge >= 0.3 is 0 Å². The van der Waals surface area contributed by atoms with E-state index in [9.17, 15) is 4.79 Å². The largest absolute Gasteiger partial charge is 0.367 e. The van der Waals surface area contributed by atoms with Gasteiger partial charge in [0.05, 0.1) is 17.3 Å². The lowest BCUT2D eigenvalue weighted by Crippen LogP contribution is -2.09. The van der Waals surface area contributed by atoms with Crippen LogP contribution in [0.15, 0.2) is 18.5 Å². The number of fused-ring (bicyclic) bond motifs is 1. The summed E-state index contributed by atoms with van der Waals surface area (Å²) < 4.78 is 1.46. The molecule has 6 nitrogen and oxygen atoms in total. The number of nitrogens with two attached hydrogens (primary N) is 2. The first-order valence-corrected chi connectivity index (χ1v) is 3.57. The zero-order chi connectivity index (χ0) is 9.42. The molecule has 0 radical (unpaired) electrons. The molecule has 0 aliphatic heterocycles. The maximum atomic E-state index is 10.8. The van der Waals surface area contributed by atoms with Gasteiger partial charge in [0.15, 0.2) is 0 Å². The van der Waals surface area contributed by atoms with E-state index in [1.807, 2.05) is 0 Å². The second kappa shape index (κ2) is 2.44. The summed E-state index contributed by atoms with van der Waals surface area (Å²) in [7, 11) is 0. The number of rotatable bonds is 1. The summed E-state index contributed by atoms with van der Waals surface area (Å²) in [6.45, 7) is 0. The number of carbonyl (C=O) groups is 1. The van der Waals surface area contributed by atoms with Gasteiger partial charge in [-0.25, -0.2) is 9.50 Å². The van der Waals surface area contributed by atoms with Crippen LogP contribution < -0.4 is 11.5 Å². The summed E-state index contributed by atoms with van der Waals surface area (Å²) in [6, 6.07) is 1.60. The number of nitrogens with zero attached hydrogens (tertiary/aromatic N) is 3. The smallest absolute Gasteiger partial charge is 0.250 e. The van der Waals surface area contributed by atoms with Crippen molar-refractivity contribution < 1.29 is 4.79 Å². The maximum absolute atomic E-state index is 10.8. The predicted octanol–water partition coefficient (Wildman–Crippen LogP) is -0.590. The standard InChI is InChI=1S/C7H7N5O/c8-6(13)4-1-5-2-10-7(9)11-12(5)3-4/h1-3H,(H2,8,13)(H2,9,11). The summed E-state index contributed by atoms with van der Waals surface area (Å²) in [5.41, 5.74) is 11.5. The Morgan fingerprint density at radius 1 is 1.54 bits per heavy atom. The number of amides is 1. The Labute approximate surface area is 73.2 Å². The molecule has 0 bridgehead atoms. The molecule has 2 rings (SSSR count). The predicted molar refractivity (Wildman–Crippen MR) is 45.9 cm³/mol. The maximum Gasteiger partial charge on any atom is 0.250 e. The Morgan fingerprint density at radius 2 is 2.31 bits per heavy atom. The molecule has 0 saturated heterocycles. The zero-order valence-corrected chi connectivity index (χ0v) is 6.64. The second-order valence-electron chi connectivity index (χ2n) is 2.58. The fraction of sp³-hybridized carbons (Fsp3) is 0. The fourth-order valence-electron chi connectivity index (χ4n) is 1.06. The number of primary amides is 1. The Morgan fingerprint density at radius 3 is 3.00 bits per heavy atom. The van der Waals surface area contributed by atoms with Crippen molar-refractivity contribution in [3.05, 3.63) is 24.0 Å². The fourth-order valence-corrected chi connectivity index (χ4v) is 1.06. The minimum absolute atomic E-state index is 0.152. The Hall–Kier alpha value is -2.11. The average Bonchev–Trinajstić information content (AvgIpc) is 2.46. The zero-order valence-electron chi connectivity index (χ0n) is 6.64. The van der Waals surface area contributed by atoms with Crippen molar-refractivity contribution in [1.29, 1.82) is 0 Å².